The first-order chi connectivity index (χ1) is 11.4. The molecule has 7 nitrogen and oxygen atoms in total. The first kappa shape index (κ1) is 17.8. The fourth-order valence-corrected chi connectivity index (χ4v) is 2.94. The third kappa shape index (κ3) is 4.48. The molecule has 0 radical (unpaired) electrons. The van der Waals surface area contributed by atoms with Gasteiger partial charge in [0, 0.05) is 49.0 Å². The Labute approximate surface area is 140 Å². The summed E-state index contributed by atoms with van der Waals surface area (Å²) in [4.78, 5) is 21.5. The maximum atomic E-state index is 9.55. The van der Waals surface area contributed by atoms with Crippen LogP contribution in [0.3, 0.4) is 0 Å². The summed E-state index contributed by atoms with van der Waals surface area (Å²) < 4.78 is 5.62. The fraction of sp³-hybridized carbons (Fsp3) is 0.412. The molecule has 0 amide bonds. The predicted molar refractivity (Wildman–Crippen MR) is 89.6 cm³/mol. The molecule has 1 aromatic rings. The SMILES string of the molecule is C[C@H](N)CN1CCc2ccc3c(c21)CCO3.O=C(O)C=CC(=O)O. The summed E-state index contributed by atoms with van der Waals surface area (Å²) in [7, 11) is 0. The zero-order valence-electron chi connectivity index (χ0n) is 13.6. The molecule has 2 aliphatic heterocycles. The maximum Gasteiger partial charge on any atom is 0.328 e. The number of ether oxygens (including phenoxy) is 1. The Morgan fingerprint density at radius 2 is 1.96 bits per heavy atom. The molecule has 0 fully saturated rings. The fourth-order valence-electron chi connectivity index (χ4n) is 2.94. The van der Waals surface area contributed by atoms with Crippen molar-refractivity contribution in [3.05, 3.63) is 35.4 Å². The van der Waals surface area contributed by atoms with Gasteiger partial charge in [-0.25, -0.2) is 9.59 Å². The van der Waals surface area contributed by atoms with Gasteiger partial charge in [-0.3, -0.25) is 0 Å². The number of hydrogen-bond donors (Lipinski definition) is 3. The number of hydrogen-bond acceptors (Lipinski definition) is 5. The van der Waals surface area contributed by atoms with Crippen LogP contribution >= 0.6 is 0 Å². The Morgan fingerprint density at radius 3 is 2.54 bits per heavy atom. The topological polar surface area (TPSA) is 113 Å². The van der Waals surface area contributed by atoms with Crippen LogP contribution < -0.4 is 15.4 Å². The zero-order chi connectivity index (χ0) is 17.7. The standard InChI is InChI=1S/C13H18N2O.C4H4O4/c1-9(14)8-15-6-4-10-2-3-12-11(13(10)15)5-7-16-12;5-3(6)1-2-4(7)8/h2-3,9H,4-8,14H2,1H3;1-2H,(H,5,6)(H,7,8)/t9-;/m0./s1. The van der Waals surface area contributed by atoms with Gasteiger partial charge < -0.3 is 25.6 Å². The number of aliphatic carboxylic acids is 2. The van der Waals surface area contributed by atoms with E-state index in [1.54, 1.807) is 0 Å². The van der Waals surface area contributed by atoms with Gasteiger partial charge in [0.1, 0.15) is 5.75 Å². The quantitative estimate of drug-likeness (QED) is 0.705. The first-order valence-corrected chi connectivity index (χ1v) is 7.80. The Balaban J connectivity index is 0.000000224. The number of nitrogens with zero attached hydrogens (tertiary/aromatic N) is 1. The maximum absolute atomic E-state index is 9.55. The van der Waals surface area contributed by atoms with Gasteiger partial charge in [-0.1, -0.05) is 6.07 Å². The van der Waals surface area contributed by atoms with E-state index in [4.69, 9.17) is 20.7 Å². The lowest BCUT2D eigenvalue weighted by Gasteiger charge is -2.23. The molecule has 0 saturated heterocycles. The molecule has 24 heavy (non-hydrogen) atoms. The van der Waals surface area contributed by atoms with E-state index in [1.807, 2.05) is 0 Å². The number of carbonyl (C=O) groups is 2. The second kappa shape index (κ2) is 7.83. The van der Waals surface area contributed by atoms with Crippen molar-refractivity contribution in [2.24, 2.45) is 5.73 Å². The van der Waals surface area contributed by atoms with Crippen molar-refractivity contribution in [2.75, 3.05) is 24.6 Å². The van der Waals surface area contributed by atoms with E-state index in [0.29, 0.717) is 12.2 Å². The smallest absolute Gasteiger partial charge is 0.328 e. The minimum atomic E-state index is -1.26. The van der Waals surface area contributed by atoms with Crippen LogP contribution in [0, 0.1) is 0 Å². The van der Waals surface area contributed by atoms with Crippen molar-refractivity contribution < 1.29 is 24.5 Å². The van der Waals surface area contributed by atoms with Gasteiger partial charge in [0.2, 0.25) is 0 Å². The second-order valence-corrected chi connectivity index (χ2v) is 5.83. The van der Waals surface area contributed by atoms with Gasteiger partial charge in [-0.15, -0.1) is 0 Å². The predicted octanol–water partition coefficient (Wildman–Crippen LogP) is 1.04. The highest BCUT2D eigenvalue weighted by atomic mass is 16.5. The number of benzene rings is 1. The molecule has 1 atom stereocenters. The molecule has 0 aliphatic carbocycles. The second-order valence-electron chi connectivity index (χ2n) is 5.83. The Morgan fingerprint density at radius 1 is 1.29 bits per heavy atom. The van der Waals surface area contributed by atoms with Crippen LogP contribution in [0.4, 0.5) is 5.69 Å². The van der Waals surface area contributed by atoms with E-state index in [9.17, 15) is 9.59 Å². The van der Waals surface area contributed by atoms with Crippen molar-refractivity contribution in [1.29, 1.82) is 0 Å². The van der Waals surface area contributed by atoms with E-state index < -0.39 is 11.9 Å². The highest BCUT2D eigenvalue weighted by Crippen LogP contribution is 2.40. The lowest BCUT2D eigenvalue weighted by molar-refractivity contribution is -0.134. The molecule has 0 aromatic heterocycles. The van der Waals surface area contributed by atoms with E-state index in [2.05, 4.69) is 24.0 Å². The van der Waals surface area contributed by atoms with Crippen molar-refractivity contribution >= 4 is 17.6 Å². The van der Waals surface area contributed by atoms with Crippen LogP contribution in [0.1, 0.15) is 18.1 Å². The molecule has 0 unspecified atom stereocenters. The number of rotatable bonds is 4. The van der Waals surface area contributed by atoms with Crippen LogP contribution in [0.2, 0.25) is 0 Å². The van der Waals surface area contributed by atoms with Crippen molar-refractivity contribution in [2.45, 2.75) is 25.8 Å². The third-order valence-corrected chi connectivity index (χ3v) is 3.78. The van der Waals surface area contributed by atoms with Crippen LogP contribution in [0.15, 0.2) is 24.3 Å². The molecule has 1 aromatic carbocycles. The average molecular weight is 334 g/mol. The highest BCUT2D eigenvalue weighted by Gasteiger charge is 2.27. The van der Waals surface area contributed by atoms with Crippen LogP contribution in [-0.4, -0.2) is 47.9 Å². The summed E-state index contributed by atoms with van der Waals surface area (Å²) in [6, 6.07) is 4.56. The molecule has 4 N–H and O–H groups in total. The summed E-state index contributed by atoms with van der Waals surface area (Å²) in [5.41, 5.74) is 10.2. The lowest BCUT2D eigenvalue weighted by Crippen LogP contribution is -2.34. The number of nitrogens with two attached hydrogens (primary N) is 1. The molecule has 0 saturated carbocycles. The van der Waals surface area contributed by atoms with Gasteiger partial charge in [-0.2, -0.15) is 0 Å². The number of carboxylic acids is 2. The molecular formula is C17H22N2O5. The van der Waals surface area contributed by atoms with Gasteiger partial charge in [-0.05, 0) is 25.0 Å². The van der Waals surface area contributed by atoms with Crippen molar-refractivity contribution in [3.63, 3.8) is 0 Å². The molecule has 0 spiro atoms. The monoisotopic (exact) mass is 334 g/mol. The third-order valence-electron chi connectivity index (χ3n) is 3.78. The van der Waals surface area contributed by atoms with Crippen LogP contribution in [-0.2, 0) is 22.4 Å². The summed E-state index contributed by atoms with van der Waals surface area (Å²) in [5.74, 6) is -1.44. The normalized spacial score (nSPS) is 16.0. The minimum Gasteiger partial charge on any atom is -0.493 e. The lowest BCUT2D eigenvalue weighted by atomic mass is 10.1. The van der Waals surface area contributed by atoms with Gasteiger partial charge in [0.25, 0.3) is 0 Å². The summed E-state index contributed by atoms with van der Waals surface area (Å²) >= 11 is 0. The van der Waals surface area contributed by atoms with Crippen molar-refractivity contribution in [1.82, 2.24) is 0 Å². The minimum absolute atomic E-state index is 0.226. The van der Waals surface area contributed by atoms with E-state index >= 15 is 0 Å². The molecule has 3 rings (SSSR count). The Hall–Kier alpha value is -2.54. The van der Waals surface area contributed by atoms with Crippen LogP contribution in [0.25, 0.3) is 0 Å². The number of fused-ring (bicyclic) bond motifs is 3. The molecule has 2 aliphatic rings. The Kier molecular flexibility index (Phi) is 5.81. The Bertz CT molecular complexity index is 639. The van der Waals surface area contributed by atoms with Gasteiger partial charge >= 0.3 is 11.9 Å². The highest BCUT2D eigenvalue weighted by molar-refractivity contribution is 5.89. The molecule has 130 valence electrons. The molecule has 0 bridgehead atoms. The first-order valence-electron chi connectivity index (χ1n) is 7.80. The summed E-state index contributed by atoms with van der Waals surface area (Å²) in [5, 5.41) is 15.6. The zero-order valence-corrected chi connectivity index (χ0v) is 13.6. The van der Waals surface area contributed by atoms with E-state index in [-0.39, 0.29) is 6.04 Å². The molecular weight excluding hydrogens is 312 g/mol. The summed E-state index contributed by atoms with van der Waals surface area (Å²) in [6.45, 7) is 4.95. The molecule has 7 heteroatoms. The van der Waals surface area contributed by atoms with Gasteiger partial charge in [0.05, 0.1) is 6.61 Å². The van der Waals surface area contributed by atoms with Crippen LogP contribution in [0.5, 0.6) is 5.75 Å². The summed E-state index contributed by atoms with van der Waals surface area (Å²) in [6.07, 6.45) is 3.31. The molecule has 2 heterocycles. The average Bonchev–Trinajstić information content (AvgIpc) is 3.11. The number of carboxylic acid groups (broad SMARTS) is 2. The van der Waals surface area contributed by atoms with E-state index in [0.717, 1.165) is 38.3 Å². The van der Waals surface area contributed by atoms with Crippen molar-refractivity contribution in [3.8, 4) is 5.75 Å². The number of anilines is 1. The van der Waals surface area contributed by atoms with E-state index in [1.165, 1.54) is 16.8 Å². The largest absolute Gasteiger partial charge is 0.493 e. The van der Waals surface area contributed by atoms with Gasteiger partial charge in [0.15, 0.2) is 0 Å².